The third kappa shape index (κ3) is 18.5. The molecule has 0 aliphatic rings. The normalized spacial score (nSPS) is 11.5. The first kappa shape index (κ1) is 51.9. The number of phenols is 2. The van der Waals surface area contributed by atoms with Crippen molar-refractivity contribution in [3.63, 3.8) is 0 Å². The first-order chi connectivity index (χ1) is 28.7. The highest BCUT2D eigenvalue weighted by atomic mass is 32.2. The van der Waals surface area contributed by atoms with Crippen LogP contribution >= 0.6 is 0 Å². The van der Waals surface area contributed by atoms with Gasteiger partial charge in [0.25, 0.3) is 0 Å². The van der Waals surface area contributed by atoms with Crippen LogP contribution in [0.2, 0.25) is 0 Å². The van der Waals surface area contributed by atoms with E-state index < -0.39 is 9.84 Å². The van der Waals surface area contributed by atoms with Crippen molar-refractivity contribution in [3.8, 4) is 46.0 Å². The summed E-state index contributed by atoms with van der Waals surface area (Å²) in [5.74, 6) is -0.820. The summed E-state index contributed by atoms with van der Waals surface area (Å²) in [6, 6.07) is 2.70. The van der Waals surface area contributed by atoms with E-state index in [0.717, 1.165) is 141 Å². The van der Waals surface area contributed by atoms with Gasteiger partial charge < -0.3 is 38.6 Å². The number of aromatic hydroxyl groups is 2. The minimum absolute atomic E-state index is 0.00238. The molecule has 2 aromatic carbocycles. The summed E-state index contributed by atoms with van der Waals surface area (Å²) in [5.41, 5.74) is 0. The van der Waals surface area contributed by atoms with Crippen molar-refractivity contribution in [1.29, 1.82) is 0 Å². The molecule has 0 spiro atoms. The Hall–Kier alpha value is -3.21. The molecule has 0 aliphatic heterocycles. The molecule has 2 N–H and O–H groups in total. The molecule has 11 heteroatoms. The van der Waals surface area contributed by atoms with E-state index in [4.69, 9.17) is 28.4 Å². The highest BCUT2D eigenvalue weighted by Crippen LogP contribution is 2.54. The van der Waals surface area contributed by atoms with Gasteiger partial charge in [0.1, 0.15) is 9.79 Å². The third-order valence-electron chi connectivity index (χ3n) is 10.3. The van der Waals surface area contributed by atoms with Gasteiger partial charge in [0.2, 0.25) is 32.8 Å². The fraction of sp³-hybridized carbons (Fsp3) is 0.750. The summed E-state index contributed by atoms with van der Waals surface area (Å²) in [6.07, 6.45) is 22.3. The molecule has 2 aromatic rings. The molecule has 0 atom stereocenters. The molecule has 0 radical (unpaired) electrons. The minimum atomic E-state index is -4.57. The van der Waals surface area contributed by atoms with Crippen LogP contribution < -0.4 is 28.4 Å². The van der Waals surface area contributed by atoms with Crippen LogP contribution in [-0.2, 0) is 9.84 Å². The van der Waals surface area contributed by atoms with Gasteiger partial charge in [-0.1, -0.05) is 157 Å². The lowest BCUT2D eigenvalue weighted by molar-refractivity contribution is 0.232. The quantitative estimate of drug-likeness (QED) is 0.0630. The molecule has 10 nitrogen and oxygen atoms in total. The number of sulfone groups is 1. The molecule has 0 heterocycles. The molecule has 0 aromatic heterocycles. The molecule has 340 valence electrons. The van der Waals surface area contributed by atoms with E-state index in [1.165, 1.54) is 12.1 Å². The second kappa shape index (κ2) is 31.6. The highest BCUT2D eigenvalue weighted by molar-refractivity contribution is 7.91. The van der Waals surface area contributed by atoms with Crippen LogP contribution in [0.1, 0.15) is 196 Å². The van der Waals surface area contributed by atoms with E-state index in [9.17, 15) is 10.2 Å². The SMILES string of the molecule is CCCCCCOc1cc(S(=O)(=O)c2cc(OCCCCCC)c(O)c(OCCCCCC)c2OCCCCCC)c(OCCCCCC)c(OCCCCCC)c1O. The van der Waals surface area contributed by atoms with Gasteiger partial charge in [0, 0.05) is 12.1 Å². The summed E-state index contributed by atoms with van der Waals surface area (Å²) < 4.78 is 68.6. The molecule has 0 aliphatic carbocycles. The van der Waals surface area contributed by atoms with Crippen LogP contribution in [-0.4, -0.2) is 58.3 Å². The van der Waals surface area contributed by atoms with Gasteiger partial charge in [-0.15, -0.1) is 0 Å². The lowest BCUT2D eigenvalue weighted by atomic mass is 10.2. The van der Waals surface area contributed by atoms with E-state index in [1.807, 2.05) is 0 Å². The molecular formula is C48H82O10S. The molecule has 0 saturated carbocycles. The Labute approximate surface area is 359 Å². The first-order valence-electron chi connectivity index (χ1n) is 23.5. The van der Waals surface area contributed by atoms with Crippen molar-refractivity contribution in [2.24, 2.45) is 0 Å². The third-order valence-corrected chi connectivity index (χ3v) is 12.1. The number of ether oxygens (including phenoxy) is 6. The maximum Gasteiger partial charge on any atom is 0.214 e. The molecule has 0 fully saturated rings. The Morgan fingerprint density at radius 3 is 0.847 bits per heavy atom. The summed E-state index contributed by atoms with van der Waals surface area (Å²) in [7, 11) is -4.57. The number of unbranched alkanes of at least 4 members (excludes halogenated alkanes) is 18. The lowest BCUT2D eigenvalue weighted by Crippen LogP contribution is -2.14. The Kier molecular flexibility index (Phi) is 27.8. The average molecular weight is 851 g/mol. The molecule has 0 unspecified atom stereocenters. The van der Waals surface area contributed by atoms with Crippen LogP contribution in [0.25, 0.3) is 0 Å². The molecule has 59 heavy (non-hydrogen) atoms. The monoisotopic (exact) mass is 851 g/mol. The maximum atomic E-state index is 15.5. The lowest BCUT2D eigenvalue weighted by Gasteiger charge is -2.23. The second-order valence-electron chi connectivity index (χ2n) is 15.7. The number of hydrogen-bond donors (Lipinski definition) is 2. The number of phenolic OH excluding ortho intramolecular Hbond substituents is 2. The zero-order chi connectivity index (χ0) is 43.1. The summed E-state index contributed by atoms with van der Waals surface area (Å²) >= 11 is 0. The Bertz CT molecular complexity index is 1400. The van der Waals surface area contributed by atoms with Crippen molar-refractivity contribution >= 4 is 9.84 Å². The topological polar surface area (TPSA) is 130 Å². The second-order valence-corrected chi connectivity index (χ2v) is 17.6. The van der Waals surface area contributed by atoms with Gasteiger partial charge in [0.05, 0.1) is 39.6 Å². The predicted molar refractivity (Wildman–Crippen MR) is 239 cm³/mol. The molecule has 0 amide bonds. The van der Waals surface area contributed by atoms with E-state index in [0.29, 0.717) is 12.8 Å². The van der Waals surface area contributed by atoms with Crippen LogP contribution in [0.5, 0.6) is 46.0 Å². The Balaban J connectivity index is 2.92. The smallest absolute Gasteiger partial charge is 0.214 e. The van der Waals surface area contributed by atoms with E-state index in [-0.39, 0.29) is 95.4 Å². The molecule has 2 rings (SSSR count). The Morgan fingerprint density at radius 2 is 0.593 bits per heavy atom. The fourth-order valence-corrected chi connectivity index (χ4v) is 8.23. The van der Waals surface area contributed by atoms with Gasteiger partial charge in [-0.2, -0.15) is 0 Å². The number of rotatable bonds is 38. The summed E-state index contributed by atoms with van der Waals surface area (Å²) in [4.78, 5) is -0.440. The standard InChI is InChI=1S/C48H82O10S/c1-7-13-19-25-31-53-39-37-41(45(55-33-27-21-15-9-3)47(43(39)49)57-35-29-23-17-11-5)59(51,52)42-38-40(54-32-26-20-14-8-2)44(50)48(58-36-30-24-18-12-6)46(42)56-34-28-22-16-10-4/h37-38,49-50H,7-36H2,1-6H3. The largest absolute Gasteiger partial charge is 0.502 e. The van der Waals surface area contributed by atoms with Gasteiger partial charge in [0.15, 0.2) is 23.0 Å². The molecular weight excluding hydrogens is 769 g/mol. The minimum Gasteiger partial charge on any atom is -0.502 e. The van der Waals surface area contributed by atoms with E-state index in [2.05, 4.69) is 41.5 Å². The van der Waals surface area contributed by atoms with Crippen LogP contribution in [0.15, 0.2) is 21.9 Å². The zero-order valence-corrected chi connectivity index (χ0v) is 38.8. The van der Waals surface area contributed by atoms with Gasteiger partial charge in [-0.05, 0) is 38.5 Å². The maximum absolute atomic E-state index is 15.5. The first-order valence-corrected chi connectivity index (χ1v) is 25.0. The molecule has 0 bridgehead atoms. The van der Waals surface area contributed by atoms with Crippen molar-refractivity contribution in [3.05, 3.63) is 12.1 Å². The van der Waals surface area contributed by atoms with E-state index in [1.54, 1.807) is 0 Å². The summed E-state index contributed by atoms with van der Waals surface area (Å²) in [6.45, 7) is 14.3. The fourth-order valence-electron chi connectivity index (χ4n) is 6.68. The number of benzene rings is 2. The van der Waals surface area contributed by atoms with Gasteiger partial charge in [-0.3, -0.25) is 0 Å². The molecule has 0 saturated heterocycles. The van der Waals surface area contributed by atoms with Crippen LogP contribution in [0.4, 0.5) is 0 Å². The highest BCUT2D eigenvalue weighted by Gasteiger charge is 2.36. The van der Waals surface area contributed by atoms with Crippen molar-refractivity contribution < 1.29 is 47.1 Å². The van der Waals surface area contributed by atoms with E-state index >= 15 is 8.42 Å². The Morgan fingerprint density at radius 1 is 0.356 bits per heavy atom. The van der Waals surface area contributed by atoms with Crippen LogP contribution in [0, 0.1) is 0 Å². The van der Waals surface area contributed by atoms with Crippen molar-refractivity contribution in [1.82, 2.24) is 0 Å². The average Bonchev–Trinajstić information content (AvgIpc) is 3.22. The predicted octanol–water partition coefficient (Wildman–Crippen LogP) is 13.7. The summed E-state index contributed by atoms with van der Waals surface area (Å²) in [5, 5.41) is 23.5. The van der Waals surface area contributed by atoms with Crippen LogP contribution in [0.3, 0.4) is 0 Å². The van der Waals surface area contributed by atoms with Gasteiger partial charge >= 0.3 is 0 Å². The van der Waals surface area contributed by atoms with Crippen molar-refractivity contribution in [2.75, 3.05) is 39.6 Å². The van der Waals surface area contributed by atoms with Crippen molar-refractivity contribution in [2.45, 2.75) is 205 Å². The van der Waals surface area contributed by atoms with Gasteiger partial charge in [-0.25, -0.2) is 8.42 Å². The number of hydrogen-bond acceptors (Lipinski definition) is 10. The zero-order valence-electron chi connectivity index (χ0n) is 37.9.